The van der Waals surface area contributed by atoms with Gasteiger partial charge in [0.1, 0.15) is 0 Å². The first kappa shape index (κ1) is 21.9. The molecule has 0 aliphatic rings. The van der Waals surface area contributed by atoms with Crippen LogP contribution in [-0.2, 0) is 17.9 Å². The Morgan fingerprint density at radius 1 is 0.938 bits per heavy atom. The maximum Gasteiger partial charge on any atom is 0.251 e. The van der Waals surface area contributed by atoms with Crippen molar-refractivity contribution < 1.29 is 9.59 Å². The fraction of sp³-hybridized carbons (Fsp3) is 0.125. The highest BCUT2D eigenvalue weighted by atomic mass is 32.2. The molecule has 0 aliphatic carbocycles. The van der Waals surface area contributed by atoms with Crippen LogP contribution < -0.4 is 10.6 Å². The van der Waals surface area contributed by atoms with E-state index in [1.54, 1.807) is 29.7 Å². The second kappa shape index (κ2) is 10.8. The van der Waals surface area contributed by atoms with Gasteiger partial charge in [-0.2, -0.15) is 0 Å². The molecule has 8 heteroatoms. The Kier molecular flexibility index (Phi) is 7.37. The topological polar surface area (TPSA) is 76.0 Å². The summed E-state index contributed by atoms with van der Waals surface area (Å²) >= 11 is 2.99. The molecule has 2 aromatic carbocycles. The number of imidazole rings is 1. The second-order valence-electron chi connectivity index (χ2n) is 6.94. The van der Waals surface area contributed by atoms with Gasteiger partial charge in [0.15, 0.2) is 5.16 Å². The average Bonchev–Trinajstić information content (AvgIpc) is 3.53. The number of carbonyl (C=O) groups is 2. The lowest BCUT2D eigenvalue weighted by Gasteiger charge is -2.09. The number of benzene rings is 2. The molecule has 4 aromatic rings. The maximum absolute atomic E-state index is 12.4. The number of thiophene rings is 1. The molecule has 0 atom stereocenters. The van der Waals surface area contributed by atoms with Gasteiger partial charge < -0.3 is 10.6 Å². The maximum atomic E-state index is 12.4. The molecule has 0 fully saturated rings. The number of nitrogens with zero attached hydrogens (tertiary/aromatic N) is 2. The standard InChI is InChI=1S/C24H22N4O2S2/c29-22(26-16-21-7-4-14-31-21)17-32-24-25-12-13-28(24)20-10-8-19(9-11-20)23(30)27-15-18-5-2-1-3-6-18/h1-14H,15-17H2,(H,26,29)(H,27,30). The van der Waals surface area contributed by atoms with Crippen LogP contribution in [0, 0.1) is 0 Å². The predicted molar refractivity (Wildman–Crippen MR) is 128 cm³/mol. The van der Waals surface area contributed by atoms with Gasteiger partial charge in [-0.3, -0.25) is 14.2 Å². The molecule has 0 spiro atoms. The smallest absolute Gasteiger partial charge is 0.251 e. The Hall–Kier alpha value is -3.36. The molecule has 2 N–H and O–H groups in total. The van der Waals surface area contributed by atoms with Crippen LogP contribution in [0.2, 0.25) is 0 Å². The summed E-state index contributed by atoms with van der Waals surface area (Å²) in [7, 11) is 0. The van der Waals surface area contributed by atoms with Crippen molar-refractivity contribution in [2.24, 2.45) is 0 Å². The van der Waals surface area contributed by atoms with E-state index in [4.69, 9.17) is 0 Å². The van der Waals surface area contributed by atoms with Crippen LogP contribution in [0.3, 0.4) is 0 Å². The number of amides is 2. The van der Waals surface area contributed by atoms with Crippen LogP contribution in [0.4, 0.5) is 0 Å². The Morgan fingerprint density at radius 3 is 2.50 bits per heavy atom. The van der Waals surface area contributed by atoms with Crippen molar-refractivity contribution >= 4 is 34.9 Å². The van der Waals surface area contributed by atoms with Crippen molar-refractivity contribution in [3.63, 3.8) is 0 Å². The molecular weight excluding hydrogens is 440 g/mol. The van der Waals surface area contributed by atoms with Gasteiger partial charge in [-0.15, -0.1) is 11.3 Å². The van der Waals surface area contributed by atoms with Crippen molar-refractivity contribution in [2.45, 2.75) is 18.2 Å². The van der Waals surface area contributed by atoms with Crippen LogP contribution in [0.1, 0.15) is 20.8 Å². The van der Waals surface area contributed by atoms with Crippen molar-refractivity contribution in [1.29, 1.82) is 0 Å². The summed E-state index contributed by atoms with van der Waals surface area (Å²) in [6, 6.07) is 21.1. The monoisotopic (exact) mass is 462 g/mol. The van der Waals surface area contributed by atoms with Crippen LogP contribution in [-0.4, -0.2) is 27.1 Å². The summed E-state index contributed by atoms with van der Waals surface area (Å²) in [6.45, 7) is 1.03. The van der Waals surface area contributed by atoms with Gasteiger partial charge >= 0.3 is 0 Å². The van der Waals surface area contributed by atoms with E-state index in [1.165, 1.54) is 11.8 Å². The third kappa shape index (κ3) is 5.87. The first-order valence-corrected chi connectivity index (χ1v) is 11.9. The fourth-order valence-corrected chi connectivity index (χ4v) is 4.47. The zero-order chi connectivity index (χ0) is 22.2. The Morgan fingerprint density at radius 2 is 1.75 bits per heavy atom. The van der Waals surface area contributed by atoms with E-state index in [9.17, 15) is 9.59 Å². The first-order valence-electron chi connectivity index (χ1n) is 10.1. The molecule has 162 valence electrons. The molecule has 0 radical (unpaired) electrons. The van der Waals surface area contributed by atoms with Gasteiger partial charge in [-0.05, 0) is 41.3 Å². The van der Waals surface area contributed by atoms with Crippen LogP contribution in [0.5, 0.6) is 0 Å². The highest BCUT2D eigenvalue weighted by molar-refractivity contribution is 7.99. The second-order valence-corrected chi connectivity index (χ2v) is 8.91. The molecular formula is C24H22N4O2S2. The number of hydrogen-bond acceptors (Lipinski definition) is 5. The first-order chi connectivity index (χ1) is 15.7. The SMILES string of the molecule is O=C(CSc1nccn1-c1ccc(C(=O)NCc2ccccc2)cc1)NCc1cccs1. The van der Waals surface area contributed by atoms with Gasteiger partial charge in [-0.25, -0.2) is 4.98 Å². The van der Waals surface area contributed by atoms with E-state index in [0.29, 0.717) is 18.7 Å². The zero-order valence-electron chi connectivity index (χ0n) is 17.2. The highest BCUT2D eigenvalue weighted by Crippen LogP contribution is 2.21. The molecule has 6 nitrogen and oxygen atoms in total. The van der Waals surface area contributed by atoms with Gasteiger partial charge in [0.2, 0.25) is 5.91 Å². The van der Waals surface area contributed by atoms with Crippen molar-refractivity contribution in [1.82, 2.24) is 20.2 Å². The molecule has 0 saturated heterocycles. The van der Waals surface area contributed by atoms with E-state index in [0.717, 1.165) is 21.3 Å². The molecule has 0 saturated carbocycles. The lowest BCUT2D eigenvalue weighted by atomic mass is 10.1. The van der Waals surface area contributed by atoms with E-state index in [-0.39, 0.29) is 17.6 Å². The highest BCUT2D eigenvalue weighted by Gasteiger charge is 2.11. The van der Waals surface area contributed by atoms with Gasteiger partial charge in [-0.1, -0.05) is 48.2 Å². The van der Waals surface area contributed by atoms with Gasteiger partial charge in [0, 0.05) is 35.1 Å². The molecule has 0 aliphatic heterocycles. The largest absolute Gasteiger partial charge is 0.350 e. The van der Waals surface area contributed by atoms with E-state index in [2.05, 4.69) is 15.6 Å². The minimum absolute atomic E-state index is 0.0385. The molecule has 2 aromatic heterocycles. The molecule has 2 heterocycles. The number of aromatic nitrogens is 2. The van der Waals surface area contributed by atoms with Gasteiger partial charge in [0.25, 0.3) is 5.91 Å². The normalized spacial score (nSPS) is 10.6. The summed E-state index contributed by atoms with van der Waals surface area (Å²) in [5.74, 6) is 0.119. The summed E-state index contributed by atoms with van der Waals surface area (Å²) in [5.41, 5.74) is 2.52. The molecule has 4 rings (SSSR count). The summed E-state index contributed by atoms with van der Waals surface area (Å²) in [5, 5.41) is 8.56. The fourth-order valence-electron chi connectivity index (χ4n) is 3.03. The average molecular weight is 463 g/mol. The molecule has 2 amide bonds. The minimum atomic E-state index is -0.122. The Bertz CT molecular complexity index is 1160. The number of carbonyl (C=O) groups excluding carboxylic acids is 2. The summed E-state index contributed by atoms with van der Waals surface area (Å²) < 4.78 is 1.91. The zero-order valence-corrected chi connectivity index (χ0v) is 18.9. The van der Waals surface area contributed by atoms with Crippen LogP contribution >= 0.6 is 23.1 Å². The molecule has 0 bridgehead atoms. The lowest BCUT2D eigenvalue weighted by molar-refractivity contribution is -0.118. The van der Waals surface area contributed by atoms with E-state index >= 15 is 0 Å². The third-order valence-electron chi connectivity index (χ3n) is 4.68. The minimum Gasteiger partial charge on any atom is -0.350 e. The number of rotatable bonds is 9. The van der Waals surface area contributed by atoms with Gasteiger partial charge in [0.05, 0.1) is 12.3 Å². The van der Waals surface area contributed by atoms with E-state index in [1.807, 2.05) is 70.7 Å². The Labute approximate surface area is 194 Å². The summed E-state index contributed by atoms with van der Waals surface area (Å²) in [4.78, 5) is 30.1. The van der Waals surface area contributed by atoms with E-state index < -0.39 is 0 Å². The lowest BCUT2D eigenvalue weighted by Crippen LogP contribution is -2.24. The van der Waals surface area contributed by atoms with Crippen LogP contribution in [0.25, 0.3) is 5.69 Å². The number of hydrogen-bond donors (Lipinski definition) is 2. The predicted octanol–water partition coefficient (Wildman–Crippen LogP) is 4.27. The number of nitrogens with one attached hydrogen (secondary N) is 2. The summed E-state index contributed by atoms with van der Waals surface area (Å²) in [6.07, 6.45) is 3.54. The van der Waals surface area contributed by atoms with Crippen molar-refractivity contribution in [3.05, 3.63) is 101 Å². The third-order valence-corrected chi connectivity index (χ3v) is 6.53. The molecule has 32 heavy (non-hydrogen) atoms. The quantitative estimate of drug-likeness (QED) is 0.364. The Balaban J connectivity index is 1.32. The van der Waals surface area contributed by atoms with Crippen LogP contribution in [0.15, 0.2) is 89.7 Å². The molecule has 0 unspecified atom stereocenters. The van der Waals surface area contributed by atoms with Crippen molar-refractivity contribution in [2.75, 3.05) is 5.75 Å². The number of thioether (sulfide) groups is 1. The van der Waals surface area contributed by atoms with Crippen molar-refractivity contribution in [3.8, 4) is 5.69 Å².